The summed E-state index contributed by atoms with van der Waals surface area (Å²) in [5.74, 6) is 0.0496. The van der Waals surface area contributed by atoms with E-state index in [0.717, 1.165) is 29.6 Å². The molecule has 2 aliphatic rings. The van der Waals surface area contributed by atoms with Gasteiger partial charge in [-0.25, -0.2) is 0 Å². The molecule has 2 aliphatic carbocycles. The van der Waals surface area contributed by atoms with Crippen LogP contribution in [-0.4, -0.2) is 19.3 Å². The molecule has 2 fully saturated rings. The van der Waals surface area contributed by atoms with Crippen LogP contribution in [0.25, 0.3) is 11.1 Å². The number of halogens is 2. The molecular formula is C33H38F2O3. The summed E-state index contributed by atoms with van der Waals surface area (Å²) < 4.78 is 44.9. The van der Waals surface area contributed by atoms with Crippen molar-refractivity contribution in [3.8, 4) is 22.6 Å². The maximum atomic E-state index is 14.3. The summed E-state index contributed by atoms with van der Waals surface area (Å²) in [7, 11) is 0. The van der Waals surface area contributed by atoms with Crippen LogP contribution in [0.4, 0.5) is 8.78 Å². The quantitative estimate of drug-likeness (QED) is 0.282. The second kappa shape index (κ2) is 12.3. The maximum absolute atomic E-state index is 14.3. The fraction of sp³-hybridized carbons (Fsp3) is 0.455. The van der Waals surface area contributed by atoms with Crippen molar-refractivity contribution in [1.29, 1.82) is 0 Å². The molecule has 0 saturated heterocycles. The zero-order valence-corrected chi connectivity index (χ0v) is 22.4. The lowest BCUT2D eigenvalue weighted by atomic mass is 9.65. The number of benzene rings is 3. The molecule has 5 heteroatoms. The van der Waals surface area contributed by atoms with E-state index in [1.165, 1.54) is 61.8 Å². The Morgan fingerprint density at radius 3 is 1.92 bits per heavy atom. The molecule has 0 radical (unpaired) electrons. The molecule has 3 aromatic carbocycles. The van der Waals surface area contributed by atoms with Crippen LogP contribution in [-0.2, 0) is 11.3 Å². The first-order valence-electron chi connectivity index (χ1n) is 14.1. The average Bonchev–Trinajstić information content (AvgIpc) is 2.95. The van der Waals surface area contributed by atoms with Gasteiger partial charge in [-0.05, 0) is 105 Å². The van der Waals surface area contributed by atoms with Crippen molar-refractivity contribution in [2.45, 2.75) is 71.0 Å². The predicted molar refractivity (Wildman–Crippen MR) is 147 cm³/mol. The van der Waals surface area contributed by atoms with E-state index >= 15 is 0 Å². The van der Waals surface area contributed by atoms with Gasteiger partial charge in [0.2, 0.25) is 11.6 Å². The van der Waals surface area contributed by atoms with Gasteiger partial charge in [-0.1, -0.05) is 48.5 Å². The van der Waals surface area contributed by atoms with Crippen molar-refractivity contribution in [1.82, 2.24) is 0 Å². The van der Waals surface area contributed by atoms with E-state index in [4.69, 9.17) is 14.2 Å². The molecule has 202 valence electrons. The molecule has 0 aliphatic heterocycles. The van der Waals surface area contributed by atoms with Gasteiger partial charge in [-0.2, -0.15) is 8.78 Å². The molecule has 0 aromatic heterocycles. The van der Waals surface area contributed by atoms with E-state index in [9.17, 15) is 8.78 Å². The number of hydrogen-bond donors (Lipinski definition) is 0. The Balaban J connectivity index is 1.16. The Labute approximate surface area is 225 Å². The van der Waals surface area contributed by atoms with Gasteiger partial charge >= 0.3 is 0 Å². The van der Waals surface area contributed by atoms with Crippen molar-refractivity contribution in [3.63, 3.8) is 0 Å². The first-order chi connectivity index (χ1) is 18.6. The molecule has 0 N–H and O–H groups in total. The molecule has 4 unspecified atom stereocenters. The van der Waals surface area contributed by atoms with Gasteiger partial charge in [0, 0.05) is 6.61 Å². The van der Waals surface area contributed by atoms with E-state index in [1.807, 2.05) is 24.3 Å². The maximum Gasteiger partial charge on any atom is 0.204 e. The third-order valence-electron chi connectivity index (χ3n) is 8.34. The highest BCUT2D eigenvalue weighted by Crippen LogP contribution is 2.46. The van der Waals surface area contributed by atoms with Crippen LogP contribution in [0.2, 0.25) is 0 Å². The summed E-state index contributed by atoms with van der Waals surface area (Å²) in [5, 5.41) is 0. The van der Waals surface area contributed by atoms with Gasteiger partial charge in [0.05, 0.1) is 12.7 Å². The molecule has 4 atom stereocenters. The van der Waals surface area contributed by atoms with Crippen LogP contribution in [0.1, 0.15) is 69.4 Å². The molecular weight excluding hydrogens is 482 g/mol. The molecule has 5 rings (SSSR count). The Bertz CT molecular complexity index is 1190. The fourth-order valence-corrected chi connectivity index (χ4v) is 6.33. The number of fused-ring (bicyclic) bond motifs is 1. The van der Waals surface area contributed by atoms with Crippen LogP contribution in [0.3, 0.4) is 0 Å². The normalized spacial score (nSPS) is 23.1. The molecule has 0 bridgehead atoms. The summed E-state index contributed by atoms with van der Waals surface area (Å²) in [6.45, 7) is 5.08. The summed E-state index contributed by atoms with van der Waals surface area (Å²) in [5.41, 5.74) is 4.63. The third kappa shape index (κ3) is 6.04. The minimum Gasteiger partial charge on any atom is -0.491 e. The lowest BCUT2D eigenvalue weighted by Gasteiger charge is -2.42. The second-order valence-electron chi connectivity index (χ2n) is 10.7. The van der Waals surface area contributed by atoms with Gasteiger partial charge in [0.15, 0.2) is 11.5 Å². The highest BCUT2D eigenvalue weighted by atomic mass is 19.2. The van der Waals surface area contributed by atoms with Gasteiger partial charge in [-0.3, -0.25) is 0 Å². The zero-order valence-electron chi connectivity index (χ0n) is 22.4. The number of ether oxygens (including phenoxy) is 3. The van der Waals surface area contributed by atoms with Crippen LogP contribution in [0.5, 0.6) is 11.5 Å². The van der Waals surface area contributed by atoms with E-state index in [1.54, 1.807) is 6.92 Å². The van der Waals surface area contributed by atoms with Crippen molar-refractivity contribution in [2.75, 3.05) is 13.2 Å². The highest BCUT2D eigenvalue weighted by molar-refractivity contribution is 5.64. The molecule has 0 spiro atoms. The molecule has 38 heavy (non-hydrogen) atoms. The lowest BCUT2D eigenvalue weighted by Crippen LogP contribution is -2.33. The largest absolute Gasteiger partial charge is 0.491 e. The lowest BCUT2D eigenvalue weighted by molar-refractivity contribution is -0.00955. The van der Waals surface area contributed by atoms with Crippen molar-refractivity contribution < 1.29 is 23.0 Å². The van der Waals surface area contributed by atoms with E-state index in [-0.39, 0.29) is 24.7 Å². The standard InChI is InChI=1S/C33H38F2O3/c1-3-36-29-16-15-27-19-26(13-14-28(27)20-29)25-11-9-24(10-12-25)23-7-5-22(6-8-23)21-38-31-18-17-30(37-4-2)32(34)33(31)35/h5-12,17-18,26-29H,3-4,13-16,19-21H2,1-2H3. The van der Waals surface area contributed by atoms with Crippen LogP contribution >= 0.6 is 0 Å². The van der Waals surface area contributed by atoms with Crippen LogP contribution in [0.15, 0.2) is 60.7 Å². The Hall–Kier alpha value is -2.92. The number of hydrogen-bond acceptors (Lipinski definition) is 3. The summed E-state index contributed by atoms with van der Waals surface area (Å²) in [6, 6.07) is 19.8. The molecule has 0 amide bonds. The Morgan fingerprint density at radius 2 is 1.26 bits per heavy atom. The smallest absolute Gasteiger partial charge is 0.204 e. The summed E-state index contributed by atoms with van der Waals surface area (Å²) in [4.78, 5) is 0. The van der Waals surface area contributed by atoms with Crippen LogP contribution in [0, 0.1) is 23.5 Å². The second-order valence-corrected chi connectivity index (χ2v) is 10.7. The fourth-order valence-electron chi connectivity index (χ4n) is 6.33. The van der Waals surface area contributed by atoms with Crippen molar-refractivity contribution >= 4 is 0 Å². The first kappa shape index (κ1) is 26.7. The monoisotopic (exact) mass is 520 g/mol. The van der Waals surface area contributed by atoms with Gasteiger partial charge in [-0.15, -0.1) is 0 Å². The molecule has 3 nitrogen and oxygen atoms in total. The van der Waals surface area contributed by atoms with E-state index in [2.05, 4.69) is 31.2 Å². The predicted octanol–water partition coefficient (Wildman–Crippen LogP) is 8.70. The van der Waals surface area contributed by atoms with Gasteiger partial charge < -0.3 is 14.2 Å². The summed E-state index contributed by atoms with van der Waals surface area (Å²) >= 11 is 0. The summed E-state index contributed by atoms with van der Waals surface area (Å²) in [6.07, 6.45) is 8.14. The molecule has 2 saturated carbocycles. The zero-order chi connectivity index (χ0) is 26.5. The van der Waals surface area contributed by atoms with Crippen molar-refractivity contribution in [2.24, 2.45) is 11.8 Å². The topological polar surface area (TPSA) is 27.7 Å². The molecule has 3 aromatic rings. The third-order valence-corrected chi connectivity index (χ3v) is 8.34. The van der Waals surface area contributed by atoms with E-state index in [0.29, 0.717) is 12.0 Å². The average molecular weight is 521 g/mol. The number of rotatable bonds is 9. The molecule has 0 heterocycles. The van der Waals surface area contributed by atoms with Crippen LogP contribution < -0.4 is 9.47 Å². The first-order valence-corrected chi connectivity index (χ1v) is 14.1. The van der Waals surface area contributed by atoms with E-state index < -0.39 is 11.6 Å². The van der Waals surface area contributed by atoms with Gasteiger partial charge in [0.1, 0.15) is 6.61 Å². The Morgan fingerprint density at radius 1 is 0.658 bits per heavy atom. The highest BCUT2D eigenvalue weighted by Gasteiger charge is 2.36. The minimum absolute atomic E-state index is 0.106. The SMILES string of the molecule is CCOc1ccc(OCc2ccc(-c3ccc(C4CCC5CC(OCC)CCC5C4)cc3)cc2)c(F)c1F. The van der Waals surface area contributed by atoms with Crippen molar-refractivity contribution in [3.05, 3.63) is 83.4 Å². The minimum atomic E-state index is -1.03. The Kier molecular flexibility index (Phi) is 8.63. The van der Waals surface area contributed by atoms with Gasteiger partial charge in [0.25, 0.3) is 0 Å².